The van der Waals surface area contributed by atoms with Gasteiger partial charge in [0.15, 0.2) is 5.11 Å². The van der Waals surface area contributed by atoms with E-state index in [9.17, 15) is 9.59 Å². The molecule has 3 aromatic rings. The number of esters is 1. The number of rotatable bonds is 6. The SMILES string of the molecule is COC(=O)c1ccc(N2CCOCC2)c(NC(=S)NC(=O)/C=C/c2ccc(-c3cccc(Cl)c3Cl)o2)c1. The number of furan rings is 1. The first-order valence-corrected chi connectivity index (χ1v) is 12.4. The Morgan fingerprint density at radius 1 is 1.11 bits per heavy atom. The number of hydrogen-bond donors (Lipinski definition) is 2. The number of halogens is 2. The van der Waals surface area contributed by atoms with Crippen molar-refractivity contribution in [2.75, 3.05) is 43.6 Å². The predicted octanol–water partition coefficient (Wildman–Crippen LogP) is 5.40. The van der Waals surface area contributed by atoms with Crippen molar-refractivity contribution in [1.29, 1.82) is 0 Å². The van der Waals surface area contributed by atoms with Crippen LogP contribution in [0.15, 0.2) is 59.0 Å². The van der Waals surface area contributed by atoms with Crippen LogP contribution >= 0.6 is 35.4 Å². The zero-order valence-corrected chi connectivity index (χ0v) is 22.1. The molecule has 4 rings (SSSR count). The third-order valence-corrected chi connectivity index (χ3v) is 6.52. The van der Waals surface area contributed by atoms with Crippen molar-refractivity contribution < 1.29 is 23.5 Å². The van der Waals surface area contributed by atoms with Crippen LogP contribution in [0.2, 0.25) is 10.0 Å². The summed E-state index contributed by atoms with van der Waals surface area (Å²) in [7, 11) is 1.31. The molecule has 1 fully saturated rings. The highest BCUT2D eigenvalue weighted by molar-refractivity contribution is 7.80. The highest BCUT2D eigenvalue weighted by Gasteiger charge is 2.18. The zero-order valence-electron chi connectivity index (χ0n) is 19.8. The Bertz CT molecular complexity index is 1350. The first-order chi connectivity index (χ1) is 17.9. The molecule has 1 aliphatic heterocycles. The number of carbonyl (C=O) groups excluding carboxylic acids is 2. The van der Waals surface area contributed by atoms with Crippen molar-refractivity contribution in [2.24, 2.45) is 0 Å². The van der Waals surface area contributed by atoms with Crippen LogP contribution < -0.4 is 15.5 Å². The summed E-state index contributed by atoms with van der Waals surface area (Å²) in [5.41, 5.74) is 2.39. The number of benzene rings is 2. The van der Waals surface area contributed by atoms with Crippen LogP contribution in [0.5, 0.6) is 0 Å². The van der Waals surface area contributed by atoms with E-state index in [4.69, 9.17) is 49.3 Å². The average molecular weight is 560 g/mol. The molecule has 0 radical (unpaired) electrons. The summed E-state index contributed by atoms with van der Waals surface area (Å²) >= 11 is 17.7. The molecule has 37 heavy (non-hydrogen) atoms. The Balaban J connectivity index is 1.43. The van der Waals surface area contributed by atoms with Crippen LogP contribution in [-0.2, 0) is 14.3 Å². The van der Waals surface area contributed by atoms with Crippen molar-refractivity contribution in [3.8, 4) is 11.3 Å². The topological polar surface area (TPSA) is 93.0 Å². The smallest absolute Gasteiger partial charge is 0.337 e. The molecular formula is C26H23Cl2N3O5S. The Labute approximate surface area is 229 Å². The van der Waals surface area contributed by atoms with E-state index in [0.717, 1.165) is 5.69 Å². The maximum atomic E-state index is 12.5. The standard InChI is InChI=1S/C26H23Cl2N3O5S/c1-34-25(33)16-5-8-21(31-11-13-35-14-12-31)20(15-16)29-26(37)30-23(32)10-7-17-6-9-22(36-17)18-3-2-4-19(27)24(18)28/h2-10,15H,11-14H2,1H3,(H2,29,30,32,37)/b10-7+. The van der Waals surface area contributed by atoms with Crippen molar-refractivity contribution >= 4 is 69.9 Å². The van der Waals surface area contributed by atoms with Gasteiger partial charge in [0.1, 0.15) is 11.5 Å². The molecule has 0 bridgehead atoms. The second-order valence-corrected chi connectivity index (χ2v) is 9.10. The molecule has 0 unspecified atom stereocenters. The average Bonchev–Trinajstić information content (AvgIpc) is 3.38. The molecule has 1 aliphatic rings. The lowest BCUT2D eigenvalue weighted by Gasteiger charge is -2.31. The van der Waals surface area contributed by atoms with Crippen LogP contribution in [-0.4, -0.2) is 50.4 Å². The van der Waals surface area contributed by atoms with Gasteiger partial charge in [-0.2, -0.15) is 0 Å². The normalized spacial score (nSPS) is 13.4. The van der Waals surface area contributed by atoms with Gasteiger partial charge in [-0.1, -0.05) is 29.3 Å². The fourth-order valence-corrected chi connectivity index (χ4v) is 4.31. The number of carbonyl (C=O) groups is 2. The van der Waals surface area contributed by atoms with Crippen molar-refractivity contribution in [2.45, 2.75) is 0 Å². The van der Waals surface area contributed by atoms with Gasteiger partial charge in [0, 0.05) is 24.7 Å². The minimum absolute atomic E-state index is 0.0667. The first kappa shape index (κ1) is 26.7. The predicted molar refractivity (Wildman–Crippen MR) is 148 cm³/mol. The van der Waals surface area contributed by atoms with E-state index in [-0.39, 0.29) is 5.11 Å². The third kappa shape index (κ3) is 6.69. The van der Waals surface area contributed by atoms with Crippen molar-refractivity contribution in [3.63, 3.8) is 0 Å². The lowest BCUT2D eigenvalue weighted by molar-refractivity contribution is -0.115. The van der Waals surface area contributed by atoms with Crippen molar-refractivity contribution in [3.05, 3.63) is 76.0 Å². The molecule has 0 atom stereocenters. The monoisotopic (exact) mass is 559 g/mol. The lowest BCUT2D eigenvalue weighted by Crippen LogP contribution is -2.38. The van der Waals surface area contributed by atoms with Gasteiger partial charge in [-0.3, -0.25) is 10.1 Å². The van der Waals surface area contributed by atoms with Gasteiger partial charge >= 0.3 is 5.97 Å². The van der Waals surface area contributed by atoms with Crippen molar-refractivity contribution in [1.82, 2.24) is 5.32 Å². The Kier molecular flexibility index (Phi) is 8.83. The largest absolute Gasteiger partial charge is 0.465 e. The highest BCUT2D eigenvalue weighted by Crippen LogP contribution is 2.34. The van der Waals surface area contributed by atoms with Crippen LogP contribution in [0.3, 0.4) is 0 Å². The van der Waals surface area contributed by atoms with Gasteiger partial charge in [0.25, 0.3) is 0 Å². The maximum Gasteiger partial charge on any atom is 0.337 e. The minimum atomic E-state index is -0.480. The fourth-order valence-electron chi connectivity index (χ4n) is 3.71. The summed E-state index contributed by atoms with van der Waals surface area (Å²) in [6.07, 6.45) is 2.81. The minimum Gasteiger partial charge on any atom is -0.465 e. The Morgan fingerprint density at radius 2 is 1.89 bits per heavy atom. The molecule has 0 aliphatic carbocycles. The summed E-state index contributed by atoms with van der Waals surface area (Å²) in [5, 5.41) is 6.49. The lowest BCUT2D eigenvalue weighted by atomic mass is 10.1. The molecule has 0 saturated carbocycles. The summed E-state index contributed by atoms with van der Waals surface area (Å²) in [6.45, 7) is 2.53. The second-order valence-electron chi connectivity index (χ2n) is 7.90. The fraction of sp³-hybridized carbons (Fsp3) is 0.192. The molecule has 2 N–H and O–H groups in total. The molecule has 11 heteroatoms. The van der Waals surface area contributed by atoms with Gasteiger partial charge < -0.3 is 24.1 Å². The van der Waals surface area contributed by atoms with Gasteiger partial charge in [-0.05, 0) is 60.8 Å². The van der Waals surface area contributed by atoms with Crippen LogP contribution in [0.4, 0.5) is 11.4 Å². The molecule has 1 saturated heterocycles. The van der Waals surface area contributed by atoms with E-state index < -0.39 is 11.9 Å². The number of methoxy groups -OCH3 is 1. The molecule has 8 nitrogen and oxygen atoms in total. The second kappa shape index (κ2) is 12.2. The first-order valence-electron chi connectivity index (χ1n) is 11.2. The summed E-state index contributed by atoms with van der Waals surface area (Å²) in [4.78, 5) is 26.6. The van der Waals surface area contributed by atoms with E-state index >= 15 is 0 Å². The molecular weight excluding hydrogens is 537 g/mol. The molecule has 2 heterocycles. The Hall–Kier alpha value is -3.37. The van der Waals surface area contributed by atoms with E-state index in [1.54, 1.807) is 42.5 Å². The zero-order chi connectivity index (χ0) is 26.4. The summed E-state index contributed by atoms with van der Waals surface area (Å²) in [6, 6.07) is 13.8. The molecule has 1 aromatic heterocycles. The number of nitrogens with one attached hydrogen (secondary N) is 2. The highest BCUT2D eigenvalue weighted by atomic mass is 35.5. The van der Waals surface area contributed by atoms with Crippen LogP contribution in [0, 0.1) is 0 Å². The van der Waals surface area contributed by atoms with Gasteiger partial charge in [-0.25, -0.2) is 4.79 Å². The van der Waals surface area contributed by atoms with Crippen LogP contribution in [0.1, 0.15) is 16.1 Å². The number of ether oxygens (including phenoxy) is 2. The number of morpholine rings is 1. The number of thiocarbonyl (C=S) groups is 1. The van der Waals surface area contributed by atoms with Gasteiger partial charge in [0.2, 0.25) is 5.91 Å². The molecule has 192 valence electrons. The number of anilines is 2. The van der Waals surface area contributed by atoms with E-state index in [2.05, 4.69) is 15.5 Å². The molecule has 0 spiro atoms. The third-order valence-electron chi connectivity index (χ3n) is 5.50. The van der Waals surface area contributed by atoms with E-state index in [1.165, 1.54) is 19.3 Å². The van der Waals surface area contributed by atoms with Gasteiger partial charge in [-0.15, -0.1) is 0 Å². The number of hydrogen-bond acceptors (Lipinski definition) is 7. The molecule has 2 aromatic carbocycles. The summed E-state index contributed by atoms with van der Waals surface area (Å²) in [5.74, 6) is 0.0194. The number of amides is 1. The van der Waals surface area contributed by atoms with Gasteiger partial charge in [0.05, 0.1) is 47.3 Å². The molecule has 1 amide bonds. The quantitative estimate of drug-likeness (QED) is 0.235. The van der Waals surface area contributed by atoms with Crippen LogP contribution in [0.25, 0.3) is 17.4 Å². The Morgan fingerprint density at radius 3 is 2.65 bits per heavy atom. The van der Waals surface area contributed by atoms with E-state index in [0.29, 0.717) is 64.7 Å². The maximum absolute atomic E-state index is 12.5. The number of nitrogens with zero attached hydrogens (tertiary/aromatic N) is 1. The van der Waals surface area contributed by atoms with E-state index in [1.807, 2.05) is 6.07 Å². The summed E-state index contributed by atoms with van der Waals surface area (Å²) < 4.78 is 16.0.